The van der Waals surface area contributed by atoms with E-state index in [1.807, 2.05) is 43.9 Å². The second kappa shape index (κ2) is 8.16. The Morgan fingerprint density at radius 1 is 1.13 bits per heavy atom. The number of carbonyl (C=O) groups is 1. The molecule has 1 fully saturated rings. The summed E-state index contributed by atoms with van der Waals surface area (Å²) in [7, 11) is 0. The van der Waals surface area contributed by atoms with Gasteiger partial charge in [-0.05, 0) is 50.6 Å². The SMILES string of the molecule is Cc1ccc(NC(=O)C2COC(C)(C)CN2c2ncccn2)cc1-c1ncccn1.[HH]. The smallest absolute Gasteiger partial charge is 0.249 e. The average Bonchev–Trinajstić information content (AvgIpc) is 2.75. The molecule has 0 bridgehead atoms. The molecule has 1 N–H and O–H groups in total. The number of benzene rings is 1. The van der Waals surface area contributed by atoms with Gasteiger partial charge in [-0.3, -0.25) is 4.79 Å². The predicted molar refractivity (Wildman–Crippen MR) is 116 cm³/mol. The van der Waals surface area contributed by atoms with E-state index in [1.165, 1.54) is 0 Å². The van der Waals surface area contributed by atoms with Crippen LogP contribution < -0.4 is 10.2 Å². The van der Waals surface area contributed by atoms with Gasteiger partial charge in [-0.2, -0.15) is 0 Å². The maximum absolute atomic E-state index is 13.2. The number of hydrogen-bond donors (Lipinski definition) is 1. The van der Waals surface area contributed by atoms with Gasteiger partial charge in [0.15, 0.2) is 5.82 Å². The van der Waals surface area contributed by atoms with Gasteiger partial charge < -0.3 is 15.0 Å². The van der Waals surface area contributed by atoms with Crippen molar-refractivity contribution >= 4 is 17.5 Å². The van der Waals surface area contributed by atoms with Crippen molar-refractivity contribution in [1.29, 1.82) is 0 Å². The fourth-order valence-electron chi connectivity index (χ4n) is 3.43. The topological polar surface area (TPSA) is 93.1 Å². The van der Waals surface area contributed by atoms with Crippen LogP contribution >= 0.6 is 0 Å². The molecule has 1 unspecified atom stereocenters. The summed E-state index contributed by atoms with van der Waals surface area (Å²) in [4.78, 5) is 32.4. The largest absolute Gasteiger partial charge is 0.371 e. The van der Waals surface area contributed by atoms with Crippen LogP contribution in [0.1, 0.15) is 20.8 Å². The van der Waals surface area contributed by atoms with E-state index in [0.29, 0.717) is 24.0 Å². The standard InChI is InChI=1S/C22H24N6O2.H2/c1-15-6-7-16(12-17(15)19-23-8-4-9-24-19)27-20(29)18-13-30-22(2,3)14-28(18)21-25-10-5-11-26-21;/h4-12,18H,13-14H2,1-3H3,(H,27,29);1H. The number of anilines is 2. The molecule has 8 nitrogen and oxygen atoms in total. The van der Waals surface area contributed by atoms with E-state index >= 15 is 0 Å². The van der Waals surface area contributed by atoms with Gasteiger partial charge in [0, 0.05) is 37.5 Å². The van der Waals surface area contributed by atoms with Crippen LogP contribution in [0.15, 0.2) is 55.1 Å². The molecule has 0 aliphatic carbocycles. The van der Waals surface area contributed by atoms with Crippen molar-refractivity contribution in [2.75, 3.05) is 23.4 Å². The Bertz CT molecular complexity index is 1030. The number of hydrogen-bond acceptors (Lipinski definition) is 7. The molecular formula is C22H26N6O2. The molecule has 0 spiro atoms. The second-order valence-corrected chi connectivity index (χ2v) is 7.85. The lowest BCUT2D eigenvalue weighted by molar-refractivity contribution is -0.123. The summed E-state index contributed by atoms with van der Waals surface area (Å²) >= 11 is 0. The third kappa shape index (κ3) is 4.28. The number of nitrogens with one attached hydrogen (secondary N) is 1. The highest BCUT2D eigenvalue weighted by Crippen LogP contribution is 2.27. The third-order valence-electron chi connectivity index (χ3n) is 4.98. The van der Waals surface area contributed by atoms with Gasteiger partial charge >= 0.3 is 0 Å². The van der Waals surface area contributed by atoms with E-state index in [0.717, 1.165) is 11.1 Å². The average molecular weight is 406 g/mol. The summed E-state index contributed by atoms with van der Waals surface area (Å²) in [5.74, 6) is 0.950. The Balaban J connectivity index is 0.00000272. The summed E-state index contributed by atoms with van der Waals surface area (Å²) in [6.07, 6.45) is 6.75. The van der Waals surface area contributed by atoms with Crippen LogP contribution in [0.4, 0.5) is 11.6 Å². The summed E-state index contributed by atoms with van der Waals surface area (Å²) in [5.41, 5.74) is 2.17. The lowest BCUT2D eigenvalue weighted by atomic mass is 10.0. The number of rotatable bonds is 4. The molecule has 1 saturated heterocycles. The molecule has 4 rings (SSSR count). The van der Waals surface area contributed by atoms with Crippen molar-refractivity contribution < 1.29 is 11.0 Å². The van der Waals surface area contributed by atoms with Gasteiger partial charge in [0.25, 0.3) is 0 Å². The lowest BCUT2D eigenvalue weighted by Crippen LogP contribution is -2.59. The summed E-state index contributed by atoms with van der Waals surface area (Å²) in [6, 6.07) is 8.69. The molecule has 1 aromatic carbocycles. The van der Waals surface area contributed by atoms with Crippen LogP contribution in [0.3, 0.4) is 0 Å². The number of carbonyl (C=O) groups excluding carboxylic acids is 1. The quantitative estimate of drug-likeness (QED) is 0.711. The van der Waals surface area contributed by atoms with Crippen molar-refractivity contribution in [3.8, 4) is 11.4 Å². The molecule has 8 heteroatoms. The van der Waals surface area contributed by atoms with Crippen LogP contribution in [-0.2, 0) is 9.53 Å². The van der Waals surface area contributed by atoms with Crippen LogP contribution in [0, 0.1) is 6.92 Å². The zero-order valence-corrected chi connectivity index (χ0v) is 17.2. The van der Waals surface area contributed by atoms with E-state index in [1.54, 1.807) is 36.9 Å². The molecule has 156 valence electrons. The maximum Gasteiger partial charge on any atom is 0.249 e. The Morgan fingerprint density at radius 2 is 1.80 bits per heavy atom. The monoisotopic (exact) mass is 406 g/mol. The minimum Gasteiger partial charge on any atom is -0.371 e. The number of aryl methyl sites for hydroxylation is 1. The van der Waals surface area contributed by atoms with Crippen molar-refractivity contribution in [2.24, 2.45) is 0 Å². The molecule has 2 aromatic heterocycles. The van der Waals surface area contributed by atoms with E-state index in [4.69, 9.17) is 4.74 Å². The number of aromatic nitrogens is 4. The second-order valence-electron chi connectivity index (χ2n) is 7.85. The number of nitrogens with zero attached hydrogens (tertiary/aromatic N) is 5. The summed E-state index contributed by atoms with van der Waals surface area (Å²) < 4.78 is 5.92. The number of ether oxygens (including phenoxy) is 1. The minimum atomic E-state index is -0.543. The van der Waals surface area contributed by atoms with E-state index in [-0.39, 0.29) is 13.9 Å². The fraction of sp³-hybridized carbons (Fsp3) is 0.318. The molecule has 1 aliphatic rings. The molecule has 0 radical (unpaired) electrons. The zero-order chi connectivity index (χ0) is 21.1. The first kappa shape index (κ1) is 19.9. The van der Waals surface area contributed by atoms with Gasteiger partial charge in [0.1, 0.15) is 6.04 Å². The first-order valence-corrected chi connectivity index (χ1v) is 9.79. The fourth-order valence-corrected chi connectivity index (χ4v) is 3.43. The molecule has 1 amide bonds. The summed E-state index contributed by atoms with van der Waals surface area (Å²) in [6.45, 7) is 6.72. The summed E-state index contributed by atoms with van der Waals surface area (Å²) in [5, 5.41) is 3.00. The van der Waals surface area contributed by atoms with Crippen molar-refractivity contribution in [2.45, 2.75) is 32.4 Å². The van der Waals surface area contributed by atoms with Crippen LogP contribution in [-0.4, -0.2) is 50.6 Å². The highest BCUT2D eigenvalue weighted by Gasteiger charge is 2.39. The van der Waals surface area contributed by atoms with Crippen LogP contribution in [0.5, 0.6) is 0 Å². The predicted octanol–water partition coefficient (Wildman–Crippen LogP) is 3.11. The van der Waals surface area contributed by atoms with Crippen LogP contribution in [0.25, 0.3) is 11.4 Å². The Labute approximate surface area is 176 Å². The van der Waals surface area contributed by atoms with Crippen molar-refractivity contribution in [1.82, 2.24) is 19.9 Å². The van der Waals surface area contributed by atoms with Gasteiger partial charge in [-0.1, -0.05) is 6.07 Å². The first-order chi connectivity index (χ1) is 14.4. The van der Waals surface area contributed by atoms with Crippen molar-refractivity contribution in [3.05, 3.63) is 60.7 Å². The lowest BCUT2D eigenvalue weighted by Gasteiger charge is -2.42. The molecule has 3 heterocycles. The molecule has 1 atom stereocenters. The van der Waals surface area contributed by atoms with Gasteiger partial charge in [-0.15, -0.1) is 0 Å². The Hall–Kier alpha value is -3.39. The van der Waals surface area contributed by atoms with Crippen molar-refractivity contribution in [3.63, 3.8) is 0 Å². The van der Waals surface area contributed by atoms with Crippen LogP contribution in [0.2, 0.25) is 0 Å². The Morgan fingerprint density at radius 3 is 2.50 bits per heavy atom. The van der Waals surface area contributed by atoms with E-state index < -0.39 is 11.6 Å². The minimum absolute atomic E-state index is 0. The first-order valence-electron chi connectivity index (χ1n) is 9.79. The highest BCUT2D eigenvalue weighted by atomic mass is 16.5. The van der Waals surface area contributed by atoms with E-state index in [9.17, 15) is 4.79 Å². The van der Waals surface area contributed by atoms with Gasteiger partial charge in [0.05, 0.1) is 18.8 Å². The van der Waals surface area contributed by atoms with Gasteiger partial charge in [-0.25, -0.2) is 19.9 Å². The van der Waals surface area contributed by atoms with E-state index in [2.05, 4.69) is 25.3 Å². The zero-order valence-electron chi connectivity index (χ0n) is 17.2. The molecule has 30 heavy (non-hydrogen) atoms. The molecule has 0 saturated carbocycles. The third-order valence-corrected chi connectivity index (χ3v) is 4.98. The number of morpholine rings is 1. The normalized spacial score (nSPS) is 18.1. The highest BCUT2D eigenvalue weighted by molar-refractivity contribution is 5.97. The number of amides is 1. The maximum atomic E-state index is 13.2. The molecule has 1 aliphatic heterocycles. The molecular weight excluding hydrogens is 380 g/mol. The molecule has 3 aromatic rings. The van der Waals surface area contributed by atoms with Gasteiger partial charge in [0.2, 0.25) is 11.9 Å². The Kier molecular flexibility index (Phi) is 5.41.